The molecule has 17 heavy (non-hydrogen) atoms. The Morgan fingerprint density at radius 1 is 1.29 bits per heavy atom. The number of likely N-dealkylation sites (N-methyl/N-ethyl adjacent to an activating group) is 1. The Kier molecular flexibility index (Phi) is 5.59. The van der Waals surface area contributed by atoms with E-state index >= 15 is 0 Å². The molecule has 2 nitrogen and oxygen atoms in total. The van der Waals surface area contributed by atoms with E-state index in [1.54, 1.807) is 12.1 Å². The highest BCUT2D eigenvalue weighted by Crippen LogP contribution is 2.18. The predicted molar refractivity (Wildman–Crippen MR) is 70.3 cm³/mol. The number of rotatable bonds is 6. The summed E-state index contributed by atoms with van der Waals surface area (Å²) in [7, 11) is 2.09. The van der Waals surface area contributed by atoms with Gasteiger partial charge in [-0.25, -0.2) is 4.39 Å². The van der Waals surface area contributed by atoms with E-state index in [2.05, 4.69) is 25.8 Å². The Bertz CT molecular complexity index is 323. The molecule has 2 unspecified atom stereocenters. The molecule has 0 spiro atoms. The van der Waals surface area contributed by atoms with Gasteiger partial charge in [0, 0.05) is 12.1 Å². The van der Waals surface area contributed by atoms with E-state index in [-0.39, 0.29) is 17.9 Å². The first-order chi connectivity index (χ1) is 8.06. The molecule has 96 valence electrons. The van der Waals surface area contributed by atoms with Crippen molar-refractivity contribution in [3.05, 3.63) is 35.6 Å². The summed E-state index contributed by atoms with van der Waals surface area (Å²) in [6.07, 6.45) is 2.36. The molecule has 0 aliphatic rings. The third kappa shape index (κ3) is 4.10. The third-order valence-electron chi connectivity index (χ3n) is 3.33. The first-order valence-corrected chi connectivity index (χ1v) is 6.27. The van der Waals surface area contributed by atoms with Crippen molar-refractivity contribution in [2.75, 3.05) is 13.6 Å². The van der Waals surface area contributed by atoms with Gasteiger partial charge in [-0.05, 0) is 44.6 Å². The minimum Gasteiger partial charge on any atom is -0.323 e. The number of hydrogen-bond donors (Lipinski definition) is 1. The zero-order valence-corrected chi connectivity index (χ0v) is 11.0. The second-order valence-electron chi connectivity index (χ2n) is 4.65. The fourth-order valence-corrected chi connectivity index (χ4v) is 1.85. The number of nitrogens with two attached hydrogens (primary N) is 1. The summed E-state index contributed by atoms with van der Waals surface area (Å²) >= 11 is 0. The fourth-order valence-electron chi connectivity index (χ4n) is 1.85. The lowest BCUT2D eigenvalue weighted by molar-refractivity contribution is 0.224. The van der Waals surface area contributed by atoms with E-state index in [1.807, 2.05) is 0 Å². The van der Waals surface area contributed by atoms with Gasteiger partial charge in [-0.15, -0.1) is 0 Å². The largest absolute Gasteiger partial charge is 0.323 e. The fraction of sp³-hybridized carbons (Fsp3) is 0.571. The number of halogens is 1. The van der Waals surface area contributed by atoms with Crippen molar-refractivity contribution in [2.45, 2.75) is 38.8 Å². The molecule has 0 amide bonds. The van der Waals surface area contributed by atoms with Crippen LogP contribution in [0.15, 0.2) is 24.3 Å². The summed E-state index contributed by atoms with van der Waals surface area (Å²) in [6.45, 7) is 5.34. The van der Waals surface area contributed by atoms with E-state index in [0.29, 0.717) is 0 Å². The molecule has 3 heteroatoms. The molecular weight excluding hydrogens is 215 g/mol. The molecule has 0 saturated carbocycles. The summed E-state index contributed by atoms with van der Waals surface area (Å²) in [5.41, 5.74) is 7.19. The van der Waals surface area contributed by atoms with Crippen molar-refractivity contribution in [1.29, 1.82) is 0 Å². The van der Waals surface area contributed by atoms with Crippen LogP contribution in [-0.2, 0) is 0 Å². The van der Waals surface area contributed by atoms with Crippen LogP contribution in [0.3, 0.4) is 0 Å². The van der Waals surface area contributed by atoms with Crippen molar-refractivity contribution >= 4 is 0 Å². The van der Waals surface area contributed by atoms with Crippen LogP contribution < -0.4 is 5.73 Å². The lowest BCUT2D eigenvalue weighted by Crippen LogP contribution is -2.38. The van der Waals surface area contributed by atoms with Crippen LogP contribution in [0, 0.1) is 5.82 Å². The van der Waals surface area contributed by atoms with Gasteiger partial charge >= 0.3 is 0 Å². The maximum absolute atomic E-state index is 12.8. The molecular formula is C14H23FN2. The molecule has 0 radical (unpaired) electrons. The van der Waals surface area contributed by atoms with E-state index in [4.69, 9.17) is 5.73 Å². The van der Waals surface area contributed by atoms with Gasteiger partial charge in [-0.3, -0.25) is 0 Å². The molecule has 0 bridgehead atoms. The van der Waals surface area contributed by atoms with Gasteiger partial charge in [-0.2, -0.15) is 0 Å². The van der Waals surface area contributed by atoms with Gasteiger partial charge in [0.25, 0.3) is 0 Å². The van der Waals surface area contributed by atoms with Crippen LogP contribution in [0.5, 0.6) is 0 Å². The normalized spacial score (nSPS) is 14.9. The van der Waals surface area contributed by atoms with E-state index in [0.717, 1.165) is 12.1 Å². The summed E-state index contributed by atoms with van der Waals surface area (Å²) in [5.74, 6) is -0.215. The van der Waals surface area contributed by atoms with Crippen molar-refractivity contribution in [3.8, 4) is 0 Å². The molecule has 1 rings (SSSR count). The summed E-state index contributed by atoms with van der Waals surface area (Å²) in [5, 5.41) is 0. The number of unbranched alkanes of at least 4 members (excludes halogenated alkanes) is 1. The van der Waals surface area contributed by atoms with Gasteiger partial charge in [0.1, 0.15) is 5.82 Å². The van der Waals surface area contributed by atoms with E-state index < -0.39 is 0 Å². The van der Waals surface area contributed by atoms with Crippen LogP contribution in [-0.4, -0.2) is 24.5 Å². The Hall–Kier alpha value is -0.930. The first kappa shape index (κ1) is 14.1. The highest BCUT2D eigenvalue weighted by atomic mass is 19.1. The van der Waals surface area contributed by atoms with Crippen molar-refractivity contribution in [2.24, 2.45) is 5.73 Å². The number of nitrogens with zero attached hydrogens (tertiary/aromatic N) is 1. The Labute approximate surface area is 104 Å². The maximum Gasteiger partial charge on any atom is 0.123 e. The zero-order valence-electron chi connectivity index (χ0n) is 11.0. The SMILES string of the molecule is CCCCN(C)C(C)C(N)c1ccc(F)cc1. The second kappa shape index (κ2) is 6.72. The molecule has 1 aromatic carbocycles. The first-order valence-electron chi connectivity index (χ1n) is 6.27. The Morgan fingerprint density at radius 2 is 1.88 bits per heavy atom. The lowest BCUT2D eigenvalue weighted by Gasteiger charge is -2.29. The molecule has 2 N–H and O–H groups in total. The molecule has 0 aliphatic heterocycles. The van der Waals surface area contributed by atoms with Gasteiger partial charge in [0.05, 0.1) is 0 Å². The predicted octanol–water partition coefficient (Wildman–Crippen LogP) is 2.95. The van der Waals surface area contributed by atoms with Crippen LogP contribution in [0.4, 0.5) is 4.39 Å². The quantitative estimate of drug-likeness (QED) is 0.825. The van der Waals surface area contributed by atoms with E-state index in [1.165, 1.54) is 25.0 Å². The lowest BCUT2D eigenvalue weighted by atomic mass is 10.0. The smallest absolute Gasteiger partial charge is 0.123 e. The number of hydrogen-bond acceptors (Lipinski definition) is 2. The van der Waals surface area contributed by atoms with Crippen molar-refractivity contribution in [1.82, 2.24) is 4.90 Å². The molecule has 1 aromatic rings. The minimum atomic E-state index is -0.215. The van der Waals surface area contributed by atoms with Crippen LogP contribution >= 0.6 is 0 Å². The summed E-state index contributed by atoms with van der Waals surface area (Å²) < 4.78 is 12.8. The van der Waals surface area contributed by atoms with Gasteiger partial charge in [0.2, 0.25) is 0 Å². The van der Waals surface area contributed by atoms with Crippen molar-refractivity contribution < 1.29 is 4.39 Å². The number of benzene rings is 1. The second-order valence-corrected chi connectivity index (χ2v) is 4.65. The van der Waals surface area contributed by atoms with Gasteiger partial charge in [0.15, 0.2) is 0 Å². The third-order valence-corrected chi connectivity index (χ3v) is 3.33. The summed E-state index contributed by atoms with van der Waals surface area (Å²) in [4.78, 5) is 2.26. The Balaban J connectivity index is 2.62. The molecule has 0 aliphatic carbocycles. The van der Waals surface area contributed by atoms with Gasteiger partial charge < -0.3 is 10.6 Å². The highest BCUT2D eigenvalue weighted by Gasteiger charge is 2.18. The van der Waals surface area contributed by atoms with Crippen LogP contribution in [0.25, 0.3) is 0 Å². The minimum absolute atomic E-state index is 0.0718. The maximum atomic E-state index is 12.8. The van der Waals surface area contributed by atoms with Gasteiger partial charge in [-0.1, -0.05) is 25.5 Å². The average Bonchev–Trinajstić information content (AvgIpc) is 2.35. The zero-order chi connectivity index (χ0) is 12.8. The summed E-state index contributed by atoms with van der Waals surface area (Å²) in [6, 6.07) is 6.65. The van der Waals surface area contributed by atoms with Crippen LogP contribution in [0.2, 0.25) is 0 Å². The standard InChI is InChI=1S/C14H23FN2/c1-4-5-10-17(3)11(2)14(16)12-6-8-13(15)9-7-12/h6-9,11,14H,4-5,10,16H2,1-3H3. The average molecular weight is 238 g/mol. The Morgan fingerprint density at radius 3 is 2.41 bits per heavy atom. The highest BCUT2D eigenvalue weighted by molar-refractivity contribution is 5.20. The van der Waals surface area contributed by atoms with Crippen molar-refractivity contribution in [3.63, 3.8) is 0 Å². The monoisotopic (exact) mass is 238 g/mol. The molecule has 0 heterocycles. The molecule has 0 fully saturated rings. The molecule has 0 aromatic heterocycles. The topological polar surface area (TPSA) is 29.3 Å². The van der Waals surface area contributed by atoms with E-state index in [9.17, 15) is 4.39 Å². The van der Waals surface area contributed by atoms with Crippen LogP contribution in [0.1, 0.15) is 38.3 Å². The molecule has 2 atom stereocenters. The molecule has 0 saturated heterocycles.